The number of alkyl halides is 1. The smallest absolute Gasteiger partial charge is 0.310 e. The third-order valence-electron chi connectivity index (χ3n) is 8.27. The third-order valence-corrected chi connectivity index (χ3v) is 11.5. The number of allylic oxidation sites excluding steroid dienone is 1. The van der Waals surface area contributed by atoms with Crippen molar-refractivity contribution in [3.63, 3.8) is 0 Å². The fourth-order valence-electron chi connectivity index (χ4n) is 6.76. The highest BCUT2D eigenvalue weighted by Crippen LogP contribution is 2.68. The highest BCUT2D eigenvalue weighted by Gasteiger charge is 2.76. The first-order valence-corrected chi connectivity index (χ1v) is 15.1. The molecule has 2 amide bonds. The number of thioether (sulfide) groups is 1. The number of likely N-dealkylation sites (tertiary alicyclic amines) is 1. The molecule has 6 atom stereocenters. The van der Waals surface area contributed by atoms with Gasteiger partial charge in [0.05, 0.1) is 23.2 Å². The first-order valence-electron chi connectivity index (χ1n) is 13.3. The molecular weight excluding hydrogens is 544 g/mol. The molecule has 1 spiro atoms. The molecule has 1 aliphatic carbocycles. The minimum Gasteiger partial charge on any atom is -0.465 e. The van der Waals surface area contributed by atoms with Gasteiger partial charge in [0, 0.05) is 35.8 Å². The second-order valence-corrected chi connectivity index (χ2v) is 13.2. The Balaban J connectivity index is 1.66. The molecule has 7 nitrogen and oxygen atoms in total. The lowest BCUT2D eigenvalue weighted by molar-refractivity contribution is -0.154. The molecule has 0 radical (unpaired) electrons. The van der Waals surface area contributed by atoms with Gasteiger partial charge in [0.25, 0.3) is 0 Å². The molecule has 1 saturated carbocycles. The molecule has 3 aliphatic heterocycles. The van der Waals surface area contributed by atoms with Crippen molar-refractivity contribution >= 4 is 45.5 Å². The predicted molar refractivity (Wildman–Crippen MR) is 145 cm³/mol. The number of halogens is 1. The number of aliphatic hydroxyl groups is 1. The Labute approximate surface area is 227 Å². The summed E-state index contributed by atoms with van der Waals surface area (Å²) in [5, 5.41) is 9.44. The molecule has 3 unspecified atom stereocenters. The van der Waals surface area contributed by atoms with Gasteiger partial charge in [-0.05, 0) is 38.5 Å². The normalized spacial score (nSPS) is 33.4. The van der Waals surface area contributed by atoms with E-state index in [4.69, 9.17) is 4.74 Å². The highest BCUT2D eigenvalue weighted by atomic mass is 79.9. The summed E-state index contributed by atoms with van der Waals surface area (Å²) in [4.78, 5) is 45.3. The number of carbonyl (C=O) groups is 3. The lowest BCUT2D eigenvalue weighted by atomic mass is 9.71. The highest BCUT2D eigenvalue weighted by molar-refractivity contribution is 9.09. The summed E-state index contributed by atoms with van der Waals surface area (Å²) >= 11 is 5.42. The summed E-state index contributed by atoms with van der Waals surface area (Å²) < 4.78 is 4.96. The summed E-state index contributed by atoms with van der Waals surface area (Å²) in [6.07, 6.45) is 11.4. The van der Waals surface area contributed by atoms with E-state index in [1.807, 2.05) is 4.90 Å². The van der Waals surface area contributed by atoms with E-state index in [-0.39, 0.29) is 40.5 Å². The van der Waals surface area contributed by atoms with Gasteiger partial charge in [-0.2, -0.15) is 0 Å². The van der Waals surface area contributed by atoms with E-state index in [0.717, 1.165) is 32.1 Å². The molecule has 0 aromatic heterocycles. The van der Waals surface area contributed by atoms with Gasteiger partial charge in [-0.3, -0.25) is 14.4 Å². The Morgan fingerprint density at radius 3 is 2.64 bits per heavy atom. The monoisotopic (exact) mass is 582 g/mol. The van der Waals surface area contributed by atoms with Gasteiger partial charge in [0.15, 0.2) is 0 Å². The van der Waals surface area contributed by atoms with Crippen LogP contribution >= 0.6 is 27.7 Å². The number of hydrogen-bond donors (Lipinski definition) is 1. The van der Waals surface area contributed by atoms with Crippen molar-refractivity contribution in [2.24, 2.45) is 11.8 Å². The quantitative estimate of drug-likeness (QED) is 0.163. The summed E-state index contributed by atoms with van der Waals surface area (Å²) in [6, 6.07) is -0.513. The van der Waals surface area contributed by atoms with Gasteiger partial charge < -0.3 is 19.6 Å². The van der Waals surface area contributed by atoms with Crippen LogP contribution in [0.25, 0.3) is 0 Å². The SMILES string of the molecule is C=CCCCOC(=O)[C@H]1[C@H]2C(=O)N(CCCO)C(C(=O)N(CC=C)C3CCCCC3)C23CC(Br)[C@@H]1S3. The van der Waals surface area contributed by atoms with Gasteiger partial charge in [0.2, 0.25) is 11.8 Å². The molecule has 1 N–H and O–H groups in total. The van der Waals surface area contributed by atoms with Gasteiger partial charge >= 0.3 is 5.97 Å². The third kappa shape index (κ3) is 4.92. The molecule has 36 heavy (non-hydrogen) atoms. The van der Waals surface area contributed by atoms with Crippen molar-refractivity contribution in [1.29, 1.82) is 0 Å². The average Bonchev–Trinajstić information content (AvgIpc) is 3.47. The maximum absolute atomic E-state index is 14.4. The first-order chi connectivity index (χ1) is 17.4. The van der Waals surface area contributed by atoms with Gasteiger partial charge in [-0.1, -0.05) is 47.3 Å². The van der Waals surface area contributed by atoms with Crippen LogP contribution in [0.1, 0.15) is 57.8 Å². The molecule has 3 heterocycles. The van der Waals surface area contributed by atoms with E-state index >= 15 is 0 Å². The maximum Gasteiger partial charge on any atom is 0.310 e. The predicted octanol–water partition coefficient (Wildman–Crippen LogP) is 3.69. The number of nitrogens with zero attached hydrogens (tertiary/aromatic N) is 2. The Morgan fingerprint density at radius 1 is 1.22 bits per heavy atom. The number of hydrogen-bond acceptors (Lipinski definition) is 6. The fraction of sp³-hybridized carbons (Fsp3) is 0.741. The largest absolute Gasteiger partial charge is 0.465 e. The number of fused-ring (bicyclic) bond motifs is 1. The minimum absolute atomic E-state index is 0.0212. The van der Waals surface area contributed by atoms with E-state index in [1.54, 1.807) is 28.8 Å². The second kappa shape index (κ2) is 12.0. The van der Waals surface area contributed by atoms with Crippen molar-refractivity contribution in [3.05, 3.63) is 25.3 Å². The number of rotatable bonds is 12. The molecule has 200 valence electrons. The van der Waals surface area contributed by atoms with Crippen LogP contribution in [-0.4, -0.2) is 85.9 Å². The summed E-state index contributed by atoms with van der Waals surface area (Å²) in [5.41, 5.74) is 0. The van der Waals surface area contributed by atoms with Crippen molar-refractivity contribution in [3.8, 4) is 0 Å². The molecule has 4 aliphatic rings. The number of carbonyl (C=O) groups excluding carboxylic acids is 3. The van der Waals surface area contributed by atoms with Crippen molar-refractivity contribution in [1.82, 2.24) is 9.80 Å². The van der Waals surface area contributed by atoms with Crippen LogP contribution in [0.15, 0.2) is 25.3 Å². The number of ether oxygens (including phenoxy) is 1. The second-order valence-electron chi connectivity index (χ2n) is 10.4. The first kappa shape index (κ1) is 27.7. The van der Waals surface area contributed by atoms with Gasteiger partial charge in [0.1, 0.15) is 6.04 Å². The molecule has 0 aromatic carbocycles. The van der Waals surface area contributed by atoms with Crippen LogP contribution in [-0.2, 0) is 19.1 Å². The van der Waals surface area contributed by atoms with Crippen LogP contribution in [0.5, 0.6) is 0 Å². The number of esters is 1. The molecule has 0 aromatic rings. The maximum atomic E-state index is 14.4. The number of amides is 2. The van der Waals surface area contributed by atoms with Crippen molar-refractivity contribution < 1.29 is 24.2 Å². The van der Waals surface area contributed by atoms with Gasteiger partial charge in [-0.15, -0.1) is 24.9 Å². The number of unbranched alkanes of at least 4 members (excludes halogenated alkanes) is 1. The molecule has 4 rings (SSSR count). The summed E-state index contributed by atoms with van der Waals surface area (Å²) in [7, 11) is 0. The Kier molecular flexibility index (Phi) is 9.26. The number of aliphatic hydroxyl groups excluding tert-OH is 1. The minimum atomic E-state index is -0.679. The zero-order valence-electron chi connectivity index (χ0n) is 21.0. The molecule has 4 fully saturated rings. The van der Waals surface area contributed by atoms with Crippen LogP contribution < -0.4 is 0 Å². The molecule has 2 bridgehead atoms. The molecule has 3 saturated heterocycles. The van der Waals surface area contributed by atoms with Crippen LogP contribution in [0, 0.1) is 11.8 Å². The van der Waals surface area contributed by atoms with E-state index in [1.165, 1.54) is 6.42 Å². The van der Waals surface area contributed by atoms with Crippen molar-refractivity contribution in [2.45, 2.75) is 84.7 Å². The lowest BCUT2D eigenvalue weighted by Gasteiger charge is -2.41. The Hall–Kier alpha value is -1.32. The van der Waals surface area contributed by atoms with E-state index in [9.17, 15) is 19.5 Å². The topological polar surface area (TPSA) is 87.1 Å². The standard InChI is InChI=1S/C27H39BrN2O5S/c1-3-5-9-16-35-26(34)20-21-24(32)30(14-10-15-31)23(27(21)17-19(28)22(20)36-27)25(33)29(13-4-2)18-11-7-6-8-12-18/h3-4,18-23,31H,1-2,5-17H2/t19?,20-,21-,22-,23?,27?/m0/s1. The van der Waals surface area contributed by atoms with E-state index < -0.39 is 22.6 Å². The molecular formula is C27H39BrN2O5S. The lowest BCUT2D eigenvalue weighted by Crippen LogP contribution is -2.57. The van der Waals surface area contributed by atoms with Crippen LogP contribution in [0.2, 0.25) is 0 Å². The Morgan fingerprint density at radius 2 is 1.97 bits per heavy atom. The summed E-state index contributed by atoms with van der Waals surface area (Å²) in [5.74, 6) is -1.69. The fourth-order valence-corrected chi connectivity index (χ4v) is 10.4. The molecule has 9 heteroatoms. The van der Waals surface area contributed by atoms with Crippen LogP contribution in [0.3, 0.4) is 0 Å². The Bertz CT molecular complexity index is 865. The zero-order chi connectivity index (χ0) is 25.9. The van der Waals surface area contributed by atoms with Crippen LogP contribution in [0.4, 0.5) is 0 Å². The summed E-state index contributed by atoms with van der Waals surface area (Å²) in [6.45, 7) is 8.59. The van der Waals surface area contributed by atoms with E-state index in [2.05, 4.69) is 29.1 Å². The van der Waals surface area contributed by atoms with Gasteiger partial charge in [-0.25, -0.2) is 0 Å². The van der Waals surface area contributed by atoms with Crippen molar-refractivity contribution in [2.75, 3.05) is 26.3 Å². The zero-order valence-corrected chi connectivity index (χ0v) is 23.4. The van der Waals surface area contributed by atoms with E-state index in [0.29, 0.717) is 39.0 Å². The average molecular weight is 584 g/mol.